The van der Waals surface area contributed by atoms with Gasteiger partial charge in [-0.05, 0) is 68.5 Å². The summed E-state index contributed by atoms with van der Waals surface area (Å²) in [6, 6.07) is 44.0. The Morgan fingerprint density at radius 1 is 0.469 bits per heavy atom. The highest BCUT2D eigenvalue weighted by Gasteiger charge is 2.25. The van der Waals surface area contributed by atoms with Gasteiger partial charge < -0.3 is 0 Å². The molecule has 1 aliphatic carbocycles. The van der Waals surface area contributed by atoms with Crippen molar-refractivity contribution in [2.75, 3.05) is 0 Å². The van der Waals surface area contributed by atoms with Crippen LogP contribution in [0.5, 0.6) is 0 Å². The first-order chi connectivity index (χ1) is 15.9. The molecule has 6 rings (SSSR count). The summed E-state index contributed by atoms with van der Waals surface area (Å²) < 4.78 is 0. The van der Waals surface area contributed by atoms with Crippen LogP contribution in [0.4, 0.5) is 0 Å². The maximum atomic E-state index is 2.35. The minimum Gasteiger partial charge on any atom is -0.0622 e. The van der Waals surface area contributed by atoms with Gasteiger partial charge in [0.1, 0.15) is 0 Å². The molecule has 0 N–H and O–H groups in total. The quantitative estimate of drug-likeness (QED) is 0.276. The molecule has 0 spiro atoms. The van der Waals surface area contributed by atoms with Crippen LogP contribution in [0.3, 0.4) is 0 Å². The van der Waals surface area contributed by atoms with Gasteiger partial charge in [0.25, 0.3) is 0 Å². The van der Waals surface area contributed by atoms with Gasteiger partial charge >= 0.3 is 0 Å². The Labute approximate surface area is 189 Å². The molecule has 5 aromatic carbocycles. The molecule has 0 fully saturated rings. The van der Waals surface area contributed by atoms with E-state index in [-0.39, 0.29) is 0 Å². The monoisotopic (exact) mass is 408 g/mol. The smallest absolute Gasteiger partial charge is 0.000718 e. The summed E-state index contributed by atoms with van der Waals surface area (Å²) in [6.07, 6.45) is 1.95. The largest absolute Gasteiger partial charge is 0.0622 e. The Balaban J connectivity index is 1.56. The Bertz CT molecular complexity index is 1400. The van der Waals surface area contributed by atoms with Gasteiger partial charge in [-0.25, -0.2) is 0 Å². The molecule has 0 saturated heterocycles. The maximum absolute atomic E-state index is 2.35. The summed E-state index contributed by atoms with van der Waals surface area (Å²) in [4.78, 5) is 0. The summed E-state index contributed by atoms with van der Waals surface area (Å²) in [7, 11) is 0. The Kier molecular flexibility index (Phi) is 4.70. The Morgan fingerprint density at radius 3 is 1.88 bits per heavy atom. The minimum absolute atomic E-state index is 0.956. The minimum atomic E-state index is 0.956. The molecule has 0 nitrogen and oxygen atoms in total. The number of fused-ring (bicyclic) bond motifs is 3. The maximum Gasteiger partial charge on any atom is -0.000718 e. The third kappa shape index (κ3) is 3.25. The molecule has 0 amide bonds. The predicted octanol–water partition coefficient (Wildman–Crippen LogP) is 8.18. The first kappa shape index (κ1) is 18.8. The van der Waals surface area contributed by atoms with Crippen LogP contribution in [-0.2, 0) is 12.8 Å². The standard InChI is InChI=1S/C32H24/c1-3-11-23(12-4-1)21-26-19-20-30(31-22-25-15-7-8-17-28(25)32(26)31)29-18-10-9-16-27(29)24-13-5-2-6-14-24/h1-20H,21-22H2. The van der Waals surface area contributed by atoms with Crippen molar-refractivity contribution in [3.63, 3.8) is 0 Å². The van der Waals surface area contributed by atoms with Crippen LogP contribution < -0.4 is 0 Å². The van der Waals surface area contributed by atoms with Gasteiger partial charge in [-0.15, -0.1) is 0 Å². The number of hydrogen-bond donors (Lipinski definition) is 0. The van der Waals surface area contributed by atoms with Crippen LogP contribution in [-0.4, -0.2) is 0 Å². The molecular weight excluding hydrogens is 384 g/mol. The molecule has 32 heavy (non-hydrogen) atoms. The van der Waals surface area contributed by atoms with Crippen molar-refractivity contribution in [1.82, 2.24) is 0 Å². The van der Waals surface area contributed by atoms with E-state index in [1.54, 1.807) is 0 Å². The van der Waals surface area contributed by atoms with Gasteiger partial charge in [0, 0.05) is 0 Å². The lowest BCUT2D eigenvalue weighted by Gasteiger charge is -2.17. The van der Waals surface area contributed by atoms with Crippen molar-refractivity contribution in [3.05, 3.63) is 144 Å². The number of hydrogen-bond acceptors (Lipinski definition) is 0. The molecule has 0 atom stereocenters. The van der Waals surface area contributed by atoms with Crippen molar-refractivity contribution in [3.8, 4) is 33.4 Å². The first-order valence-electron chi connectivity index (χ1n) is 11.3. The van der Waals surface area contributed by atoms with Crippen LogP contribution >= 0.6 is 0 Å². The lowest BCUT2D eigenvalue weighted by atomic mass is 9.87. The third-order valence-corrected chi connectivity index (χ3v) is 6.59. The fraction of sp³-hybridized carbons (Fsp3) is 0.0625. The van der Waals surface area contributed by atoms with Gasteiger partial charge in [0.05, 0.1) is 0 Å². The second-order valence-electron chi connectivity index (χ2n) is 8.53. The molecule has 5 aromatic rings. The zero-order valence-corrected chi connectivity index (χ0v) is 18.0. The summed E-state index contributed by atoms with van der Waals surface area (Å²) in [5, 5.41) is 0. The van der Waals surface area contributed by atoms with Crippen molar-refractivity contribution < 1.29 is 0 Å². The summed E-state index contributed by atoms with van der Waals surface area (Å²) in [6.45, 7) is 0. The van der Waals surface area contributed by atoms with E-state index in [1.165, 1.54) is 55.6 Å². The van der Waals surface area contributed by atoms with Crippen LogP contribution in [0.1, 0.15) is 22.3 Å². The van der Waals surface area contributed by atoms with Crippen LogP contribution in [0.2, 0.25) is 0 Å². The average Bonchev–Trinajstić information content (AvgIpc) is 3.26. The summed E-state index contributed by atoms with van der Waals surface area (Å²) in [5.41, 5.74) is 13.7. The van der Waals surface area contributed by atoms with Gasteiger partial charge in [-0.2, -0.15) is 0 Å². The number of rotatable bonds is 4. The molecule has 0 aromatic heterocycles. The van der Waals surface area contributed by atoms with E-state index in [2.05, 4.69) is 121 Å². The highest BCUT2D eigenvalue weighted by Crippen LogP contribution is 2.46. The third-order valence-electron chi connectivity index (χ3n) is 6.59. The molecule has 0 unspecified atom stereocenters. The van der Waals surface area contributed by atoms with E-state index in [0.29, 0.717) is 0 Å². The van der Waals surface area contributed by atoms with E-state index >= 15 is 0 Å². The molecule has 1 aliphatic rings. The van der Waals surface area contributed by atoms with E-state index in [0.717, 1.165) is 12.8 Å². The van der Waals surface area contributed by atoms with E-state index in [4.69, 9.17) is 0 Å². The Hall–Kier alpha value is -3.90. The number of benzene rings is 5. The predicted molar refractivity (Wildman–Crippen MR) is 135 cm³/mol. The fourth-order valence-electron chi connectivity index (χ4n) is 5.13. The van der Waals surface area contributed by atoms with E-state index < -0.39 is 0 Å². The second kappa shape index (κ2) is 7.98. The van der Waals surface area contributed by atoms with E-state index in [9.17, 15) is 0 Å². The molecule has 0 aliphatic heterocycles. The van der Waals surface area contributed by atoms with Crippen LogP contribution in [0.25, 0.3) is 33.4 Å². The summed E-state index contributed by atoms with van der Waals surface area (Å²) >= 11 is 0. The molecular formula is C32H24. The molecule has 0 radical (unpaired) electrons. The van der Waals surface area contributed by atoms with Crippen molar-refractivity contribution in [2.45, 2.75) is 12.8 Å². The highest BCUT2D eigenvalue weighted by molar-refractivity contribution is 5.92. The lowest BCUT2D eigenvalue weighted by Crippen LogP contribution is -1.96. The second-order valence-corrected chi connectivity index (χ2v) is 8.53. The molecule has 0 saturated carbocycles. The normalized spacial score (nSPS) is 11.8. The average molecular weight is 409 g/mol. The van der Waals surface area contributed by atoms with Gasteiger partial charge in [-0.3, -0.25) is 0 Å². The van der Waals surface area contributed by atoms with Gasteiger partial charge in [0.2, 0.25) is 0 Å². The Morgan fingerprint density at radius 2 is 1.09 bits per heavy atom. The van der Waals surface area contributed by atoms with Crippen molar-refractivity contribution >= 4 is 0 Å². The SMILES string of the molecule is c1ccc(Cc2ccc(-c3ccccc3-c3ccccc3)c3c2-c2ccccc2C3)cc1. The first-order valence-corrected chi connectivity index (χ1v) is 11.3. The fourth-order valence-corrected chi connectivity index (χ4v) is 5.13. The lowest BCUT2D eigenvalue weighted by molar-refractivity contribution is 1.18. The molecule has 0 heteroatoms. The highest BCUT2D eigenvalue weighted by atomic mass is 14.3. The summed E-state index contributed by atoms with van der Waals surface area (Å²) in [5.74, 6) is 0. The van der Waals surface area contributed by atoms with Crippen molar-refractivity contribution in [1.29, 1.82) is 0 Å². The van der Waals surface area contributed by atoms with Crippen LogP contribution in [0, 0.1) is 0 Å². The molecule has 0 bridgehead atoms. The van der Waals surface area contributed by atoms with Gasteiger partial charge in [0.15, 0.2) is 0 Å². The molecule has 0 heterocycles. The zero-order chi connectivity index (χ0) is 21.3. The molecule has 152 valence electrons. The van der Waals surface area contributed by atoms with Crippen molar-refractivity contribution in [2.24, 2.45) is 0 Å². The zero-order valence-electron chi connectivity index (χ0n) is 18.0. The van der Waals surface area contributed by atoms with Gasteiger partial charge in [-0.1, -0.05) is 121 Å². The van der Waals surface area contributed by atoms with E-state index in [1.807, 2.05) is 0 Å². The topological polar surface area (TPSA) is 0 Å². The van der Waals surface area contributed by atoms with Crippen LogP contribution in [0.15, 0.2) is 121 Å².